The second-order valence-electron chi connectivity index (χ2n) is 4.36. The van der Waals surface area contributed by atoms with Crippen LogP contribution in [0.15, 0.2) is 30.3 Å². The molecule has 1 amide bonds. The molecule has 0 atom stereocenters. The summed E-state index contributed by atoms with van der Waals surface area (Å²) in [7, 11) is 1.81. The first-order valence-corrected chi connectivity index (χ1v) is 6.00. The van der Waals surface area contributed by atoms with Crippen molar-refractivity contribution in [2.45, 2.75) is 13.5 Å². The number of aryl methyl sites for hydroxylation is 2. The predicted molar refractivity (Wildman–Crippen MR) is 72.2 cm³/mol. The van der Waals surface area contributed by atoms with Crippen molar-refractivity contribution in [3.8, 4) is 0 Å². The van der Waals surface area contributed by atoms with Crippen molar-refractivity contribution in [3.63, 3.8) is 0 Å². The van der Waals surface area contributed by atoms with Crippen molar-refractivity contribution in [2.75, 3.05) is 0 Å². The first-order chi connectivity index (χ1) is 9.49. The van der Waals surface area contributed by atoms with Crippen LogP contribution in [0.2, 0.25) is 0 Å². The van der Waals surface area contributed by atoms with Crippen LogP contribution in [0.5, 0.6) is 0 Å². The van der Waals surface area contributed by atoms with E-state index in [9.17, 15) is 14.9 Å². The van der Waals surface area contributed by atoms with E-state index >= 15 is 0 Å². The van der Waals surface area contributed by atoms with Gasteiger partial charge in [0.25, 0.3) is 11.6 Å². The third kappa shape index (κ3) is 2.82. The van der Waals surface area contributed by atoms with E-state index in [1.165, 1.54) is 18.2 Å². The van der Waals surface area contributed by atoms with E-state index in [1.807, 2.05) is 20.0 Å². The van der Waals surface area contributed by atoms with E-state index in [1.54, 1.807) is 10.7 Å². The Labute approximate surface area is 115 Å². The number of rotatable bonds is 4. The Balaban J connectivity index is 2.11. The van der Waals surface area contributed by atoms with Crippen LogP contribution in [0.4, 0.5) is 5.69 Å². The lowest BCUT2D eigenvalue weighted by atomic mass is 10.1. The summed E-state index contributed by atoms with van der Waals surface area (Å²) in [5.41, 5.74) is 1.52. The molecule has 0 aliphatic heterocycles. The van der Waals surface area contributed by atoms with Crippen molar-refractivity contribution in [1.82, 2.24) is 15.1 Å². The summed E-state index contributed by atoms with van der Waals surface area (Å²) in [5, 5.41) is 17.7. The molecule has 20 heavy (non-hydrogen) atoms. The van der Waals surface area contributed by atoms with Crippen molar-refractivity contribution >= 4 is 11.6 Å². The average Bonchev–Trinajstić information content (AvgIpc) is 2.75. The Morgan fingerprint density at radius 2 is 2.15 bits per heavy atom. The zero-order chi connectivity index (χ0) is 14.7. The molecule has 1 aromatic carbocycles. The molecule has 2 aromatic rings. The molecule has 0 spiro atoms. The number of nitro benzene ring substituents is 1. The molecule has 1 heterocycles. The first kappa shape index (κ1) is 13.7. The summed E-state index contributed by atoms with van der Waals surface area (Å²) in [5.74, 6) is -0.486. The zero-order valence-electron chi connectivity index (χ0n) is 11.2. The molecule has 1 aromatic heterocycles. The van der Waals surface area contributed by atoms with Crippen LogP contribution in [-0.4, -0.2) is 20.6 Å². The number of hydrogen-bond donors (Lipinski definition) is 1. The van der Waals surface area contributed by atoms with Crippen LogP contribution in [0.25, 0.3) is 0 Å². The van der Waals surface area contributed by atoms with Crippen LogP contribution in [0, 0.1) is 17.0 Å². The maximum absolute atomic E-state index is 12.0. The van der Waals surface area contributed by atoms with Crippen LogP contribution < -0.4 is 5.32 Å². The highest BCUT2D eigenvalue weighted by molar-refractivity contribution is 5.98. The lowest BCUT2D eigenvalue weighted by Crippen LogP contribution is -2.24. The van der Waals surface area contributed by atoms with E-state index in [2.05, 4.69) is 10.4 Å². The maximum Gasteiger partial charge on any atom is 0.282 e. The molecule has 2 rings (SSSR count). The first-order valence-electron chi connectivity index (χ1n) is 6.00. The molecule has 0 radical (unpaired) electrons. The number of nitro groups is 1. The molecule has 104 valence electrons. The summed E-state index contributed by atoms with van der Waals surface area (Å²) in [6, 6.07) is 7.69. The molecule has 0 saturated heterocycles. The van der Waals surface area contributed by atoms with E-state index in [-0.39, 0.29) is 17.8 Å². The number of hydrogen-bond acceptors (Lipinski definition) is 4. The van der Waals surface area contributed by atoms with Gasteiger partial charge in [-0.05, 0) is 19.1 Å². The van der Waals surface area contributed by atoms with Crippen molar-refractivity contribution in [2.24, 2.45) is 7.05 Å². The van der Waals surface area contributed by atoms with E-state index in [0.717, 1.165) is 5.69 Å². The van der Waals surface area contributed by atoms with Crippen LogP contribution in [0.1, 0.15) is 21.7 Å². The lowest BCUT2D eigenvalue weighted by molar-refractivity contribution is -0.385. The van der Waals surface area contributed by atoms with Gasteiger partial charge in [0.1, 0.15) is 5.56 Å². The van der Waals surface area contributed by atoms with Gasteiger partial charge in [0.2, 0.25) is 0 Å². The number of benzene rings is 1. The van der Waals surface area contributed by atoms with Crippen LogP contribution >= 0.6 is 0 Å². The average molecular weight is 274 g/mol. The molecule has 7 nitrogen and oxygen atoms in total. The van der Waals surface area contributed by atoms with Gasteiger partial charge in [0, 0.05) is 18.8 Å². The van der Waals surface area contributed by atoms with E-state index in [0.29, 0.717) is 5.69 Å². The number of nitrogens with one attached hydrogen (secondary N) is 1. The molecular formula is C13H14N4O3. The van der Waals surface area contributed by atoms with Gasteiger partial charge in [-0.2, -0.15) is 5.10 Å². The summed E-state index contributed by atoms with van der Waals surface area (Å²) in [6.07, 6.45) is 0. The number of aromatic nitrogens is 2. The third-order valence-electron chi connectivity index (χ3n) is 2.94. The fraction of sp³-hybridized carbons (Fsp3) is 0.231. The van der Waals surface area contributed by atoms with Gasteiger partial charge in [0.15, 0.2) is 0 Å². The number of amides is 1. The molecule has 7 heteroatoms. The molecule has 0 saturated carbocycles. The Morgan fingerprint density at radius 1 is 1.45 bits per heavy atom. The Kier molecular flexibility index (Phi) is 3.79. The predicted octanol–water partition coefficient (Wildman–Crippen LogP) is 1.57. The van der Waals surface area contributed by atoms with Gasteiger partial charge in [-0.25, -0.2) is 0 Å². The topological polar surface area (TPSA) is 90.1 Å². The fourth-order valence-corrected chi connectivity index (χ4v) is 1.81. The SMILES string of the molecule is Cc1cc(CNC(=O)c2ccccc2[N+](=O)[O-])nn1C. The Hall–Kier alpha value is -2.70. The van der Waals surface area contributed by atoms with Gasteiger partial charge < -0.3 is 5.32 Å². The third-order valence-corrected chi connectivity index (χ3v) is 2.94. The van der Waals surface area contributed by atoms with Gasteiger partial charge >= 0.3 is 0 Å². The molecule has 0 fully saturated rings. The largest absolute Gasteiger partial charge is 0.346 e. The van der Waals surface area contributed by atoms with Crippen LogP contribution in [0.3, 0.4) is 0 Å². The standard InChI is InChI=1S/C13H14N4O3/c1-9-7-10(15-16(9)2)8-14-13(18)11-5-3-4-6-12(11)17(19)20/h3-7H,8H2,1-2H3,(H,14,18). The minimum atomic E-state index is -0.570. The number of carbonyl (C=O) groups is 1. The zero-order valence-corrected chi connectivity index (χ0v) is 11.2. The number of carbonyl (C=O) groups excluding carboxylic acids is 1. The molecule has 1 N–H and O–H groups in total. The van der Waals surface area contributed by atoms with Crippen LogP contribution in [-0.2, 0) is 13.6 Å². The molecular weight excluding hydrogens is 260 g/mol. The highest BCUT2D eigenvalue weighted by Crippen LogP contribution is 2.17. The smallest absolute Gasteiger partial charge is 0.282 e. The Bertz CT molecular complexity index is 644. The quantitative estimate of drug-likeness (QED) is 0.676. The molecule has 0 aliphatic rings. The minimum absolute atomic E-state index is 0.0464. The second-order valence-corrected chi connectivity index (χ2v) is 4.36. The monoisotopic (exact) mass is 274 g/mol. The molecule has 0 aliphatic carbocycles. The summed E-state index contributed by atoms with van der Waals surface area (Å²) < 4.78 is 1.70. The highest BCUT2D eigenvalue weighted by atomic mass is 16.6. The van der Waals surface area contributed by atoms with Crippen molar-refractivity contribution < 1.29 is 9.72 Å². The lowest BCUT2D eigenvalue weighted by Gasteiger charge is -2.03. The molecule has 0 unspecified atom stereocenters. The Morgan fingerprint density at radius 3 is 2.75 bits per heavy atom. The van der Waals surface area contributed by atoms with E-state index < -0.39 is 10.8 Å². The van der Waals surface area contributed by atoms with Crippen molar-refractivity contribution in [1.29, 1.82) is 0 Å². The summed E-state index contributed by atoms with van der Waals surface area (Å²) >= 11 is 0. The van der Waals surface area contributed by atoms with Gasteiger partial charge in [-0.15, -0.1) is 0 Å². The maximum atomic E-state index is 12.0. The van der Waals surface area contributed by atoms with Gasteiger partial charge in [-0.3, -0.25) is 19.6 Å². The second kappa shape index (κ2) is 5.52. The number of nitrogens with zero attached hydrogens (tertiary/aromatic N) is 3. The highest BCUT2D eigenvalue weighted by Gasteiger charge is 2.18. The normalized spacial score (nSPS) is 10.3. The summed E-state index contributed by atoms with van der Waals surface area (Å²) in [4.78, 5) is 22.3. The van der Waals surface area contributed by atoms with Gasteiger partial charge in [0.05, 0.1) is 17.2 Å². The fourth-order valence-electron chi connectivity index (χ4n) is 1.81. The minimum Gasteiger partial charge on any atom is -0.346 e. The van der Waals surface area contributed by atoms with Gasteiger partial charge in [-0.1, -0.05) is 12.1 Å². The molecule has 0 bridgehead atoms. The van der Waals surface area contributed by atoms with E-state index in [4.69, 9.17) is 0 Å². The van der Waals surface area contributed by atoms with Crippen molar-refractivity contribution in [3.05, 3.63) is 57.4 Å². The summed E-state index contributed by atoms with van der Waals surface area (Å²) in [6.45, 7) is 2.13. The number of para-hydroxylation sites is 1.